The normalized spacial score (nSPS) is 28.9. The summed E-state index contributed by atoms with van der Waals surface area (Å²) in [5.41, 5.74) is 11.5. The van der Waals surface area contributed by atoms with E-state index in [9.17, 15) is 4.79 Å². The maximum atomic E-state index is 11.2. The fourth-order valence-electron chi connectivity index (χ4n) is 2.88. The number of nitrogens with zero attached hydrogens (tertiary/aromatic N) is 1. The lowest BCUT2D eigenvalue weighted by molar-refractivity contribution is -0.123. The number of nitrogens with two attached hydrogens (primary N) is 2. The topological polar surface area (TPSA) is 72.3 Å². The summed E-state index contributed by atoms with van der Waals surface area (Å²) in [6.07, 6.45) is 5.82. The molecule has 1 amide bonds. The van der Waals surface area contributed by atoms with E-state index in [1.54, 1.807) is 0 Å². The Morgan fingerprint density at radius 2 is 2.19 bits per heavy atom. The third-order valence-electron chi connectivity index (χ3n) is 4.10. The van der Waals surface area contributed by atoms with Crippen molar-refractivity contribution >= 4 is 5.91 Å². The molecule has 2 aliphatic rings. The Morgan fingerprint density at radius 1 is 1.44 bits per heavy atom. The minimum Gasteiger partial charge on any atom is -0.369 e. The quantitative estimate of drug-likeness (QED) is 0.707. The Hall–Kier alpha value is -0.610. The first kappa shape index (κ1) is 11.9. The molecule has 4 N–H and O–H groups in total. The molecule has 1 aliphatic heterocycles. The number of piperidine rings is 1. The molecule has 4 heteroatoms. The molecule has 0 aromatic heterocycles. The first-order valence-electron chi connectivity index (χ1n) is 6.37. The Morgan fingerprint density at radius 3 is 2.75 bits per heavy atom. The molecular weight excluding hydrogens is 202 g/mol. The smallest absolute Gasteiger partial charge is 0.221 e. The van der Waals surface area contributed by atoms with E-state index < -0.39 is 0 Å². The Kier molecular flexibility index (Phi) is 3.50. The van der Waals surface area contributed by atoms with Crippen LogP contribution < -0.4 is 11.5 Å². The van der Waals surface area contributed by atoms with Crippen molar-refractivity contribution in [3.05, 3.63) is 0 Å². The third kappa shape index (κ3) is 2.74. The Bertz CT molecular complexity index is 263. The van der Waals surface area contributed by atoms with Gasteiger partial charge in [-0.2, -0.15) is 0 Å². The van der Waals surface area contributed by atoms with Crippen molar-refractivity contribution in [3.63, 3.8) is 0 Å². The second-order valence-corrected chi connectivity index (χ2v) is 5.52. The van der Waals surface area contributed by atoms with E-state index in [1.807, 2.05) is 0 Å². The van der Waals surface area contributed by atoms with Gasteiger partial charge in [0.05, 0.1) is 5.92 Å². The van der Waals surface area contributed by atoms with Crippen LogP contribution in [0.15, 0.2) is 0 Å². The van der Waals surface area contributed by atoms with E-state index in [0.717, 1.165) is 45.4 Å². The fraction of sp³-hybridized carbons (Fsp3) is 0.917. The molecule has 0 aromatic rings. The number of hydrogen-bond acceptors (Lipinski definition) is 3. The zero-order chi connectivity index (χ0) is 11.6. The summed E-state index contributed by atoms with van der Waals surface area (Å²) in [6, 6.07) is 0. The van der Waals surface area contributed by atoms with Crippen molar-refractivity contribution in [1.29, 1.82) is 0 Å². The van der Waals surface area contributed by atoms with Gasteiger partial charge < -0.3 is 16.4 Å². The summed E-state index contributed by atoms with van der Waals surface area (Å²) in [6.45, 7) is 3.89. The van der Waals surface area contributed by atoms with E-state index in [4.69, 9.17) is 11.5 Å². The first-order valence-corrected chi connectivity index (χ1v) is 6.37. The molecule has 1 atom stereocenters. The van der Waals surface area contributed by atoms with Gasteiger partial charge in [0.2, 0.25) is 5.91 Å². The molecule has 1 unspecified atom stereocenters. The molecule has 1 heterocycles. The number of amides is 1. The van der Waals surface area contributed by atoms with E-state index in [0.29, 0.717) is 5.41 Å². The SMILES string of the molecule is NCCC1(CN2CCCC(C(N)=O)C2)CC1. The van der Waals surface area contributed by atoms with Gasteiger partial charge in [-0.05, 0) is 50.6 Å². The summed E-state index contributed by atoms with van der Waals surface area (Å²) < 4.78 is 0. The molecule has 0 radical (unpaired) electrons. The lowest BCUT2D eigenvalue weighted by Gasteiger charge is -2.33. The van der Waals surface area contributed by atoms with Crippen molar-refractivity contribution < 1.29 is 4.79 Å². The highest BCUT2D eigenvalue weighted by Crippen LogP contribution is 2.49. The number of carbonyl (C=O) groups excluding carboxylic acids is 1. The molecule has 1 saturated heterocycles. The average Bonchev–Trinajstić information content (AvgIpc) is 2.99. The summed E-state index contributed by atoms with van der Waals surface area (Å²) in [5.74, 6) is -0.0594. The Labute approximate surface area is 97.3 Å². The van der Waals surface area contributed by atoms with Crippen LogP contribution >= 0.6 is 0 Å². The minimum atomic E-state index is -0.131. The van der Waals surface area contributed by atoms with Crippen molar-refractivity contribution in [1.82, 2.24) is 4.90 Å². The van der Waals surface area contributed by atoms with Crippen LogP contribution in [-0.2, 0) is 4.79 Å². The molecule has 0 bridgehead atoms. The van der Waals surface area contributed by atoms with Crippen LogP contribution in [-0.4, -0.2) is 37.0 Å². The molecule has 1 aliphatic carbocycles. The van der Waals surface area contributed by atoms with Crippen LogP contribution in [0.5, 0.6) is 0 Å². The van der Waals surface area contributed by atoms with Crippen molar-refractivity contribution in [2.75, 3.05) is 26.2 Å². The van der Waals surface area contributed by atoms with Crippen LogP contribution in [0.4, 0.5) is 0 Å². The summed E-state index contributed by atoms with van der Waals surface area (Å²) in [4.78, 5) is 13.6. The molecule has 16 heavy (non-hydrogen) atoms. The van der Waals surface area contributed by atoms with Crippen molar-refractivity contribution in [2.24, 2.45) is 22.8 Å². The minimum absolute atomic E-state index is 0.0717. The van der Waals surface area contributed by atoms with Gasteiger partial charge in [-0.15, -0.1) is 0 Å². The lowest BCUT2D eigenvalue weighted by Crippen LogP contribution is -2.43. The third-order valence-corrected chi connectivity index (χ3v) is 4.10. The van der Waals surface area contributed by atoms with E-state index in [2.05, 4.69) is 4.90 Å². The molecule has 0 spiro atoms. The number of carbonyl (C=O) groups is 1. The number of rotatable bonds is 5. The van der Waals surface area contributed by atoms with Gasteiger partial charge in [0.25, 0.3) is 0 Å². The van der Waals surface area contributed by atoms with Gasteiger partial charge in [-0.25, -0.2) is 0 Å². The molecule has 4 nitrogen and oxygen atoms in total. The monoisotopic (exact) mass is 225 g/mol. The second kappa shape index (κ2) is 4.72. The van der Waals surface area contributed by atoms with Gasteiger partial charge in [-0.1, -0.05) is 0 Å². The maximum absolute atomic E-state index is 11.2. The van der Waals surface area contributed by atoms with E-state index >= 15 is 0 Å². The predicted octanol–water partition coefficient (Wildman–Crippen LogP) is 0.313. The highest BCUT2D eigenvalue weighted by molar-refractivity contribution is 5.76. The summed E-state index contributed by atoms with van der Waals surface area (Å²) in [5, 5.41) is 0. The van der Waals surface area contributed by atoms with Crippen LogP contribution in [0.3, 0.4) is 0 Å². The molecule has 1 saturated carbocycles. The largest absolute Gasteiger partial charge is 0.369 e. The number of primary amides is 1. The maximum Gasteiger partial charge on any atom is 0.221 e. The molecule has 2 fully saturated rings. The number of likely N-dealkylation sites (tertiary alicyclic amines) is 1. The van der Waals surface area contributed by atoms with E-state index in [-0.39, 0.29) is 11.8 Å². The zero-order valence-corrected chi connectivity index (χ0v) is 9.95. The second-order valence-electron chi connectivity index (χ2n) is 5.52. The van der Waals surface area contributed by atoms with Gasteiger partial charge >= 0.3 is 0 Å². The van der Waals surface area contributed by atoms with Crippen LogP contribution in [0.25, 0.3) is 0 Å². The molecular formula is C12H23N3O. The van der Waals surface area contributed by atoms with Gasteiger partial charge in [0, 0.05) is 13.1 Å². The van der Waals surface area contributed by atoms with Crippen LogP contribution in [0.1, 0.15) is 32.1 Å². The summed E-state index contributed by atoms with van der Waals surface area (Å²) in [7, 11) is 0. The van der Waals surface area contributed by atoms with Crippen molar-refractivity contribution in [3.8, 4) is 0 Å². The zero-order valence-electron chi connectivity index (χ0n) is 9.95. The van der Waals surface area contributed by atoms with Gasteiger partial charge in [-0.3, -0.25) is 4.79 Å². The van der Waals surface area contributed by atoms with Gasteiger partial charge in [0.15, 0.2) is 0 Å². The predicted molar refractivity (Wildman–Crippen MR) is 63.7 cm³/mol. The Balaban J connectivity index is 1.83. The van der Waals surface area contributed by atoms with Crippen LogP contribution in [0, 0.1) is 11.3 Å². The molecule has 92 valence electrons. The standard InChI is InChI=1S/C12H23N3O/c13-6-5-12(3-4-12)9-15-7-1-2-10(8-15)11(14)16/h10H,1-9,13H2,(H2,14,16). The van der Waals surface area contributed by atoms with Crippen molar-refractivity contribution in [2.45, 2.75) is 32.1 Å². The van der Waals surface area contributed by atoms with E-state index in [1.165, 1.54) is 12.8 Å². The molecule has 0 aromatic carbocycles. The highest BCUT2D eigenvalue weighted by atomic mass is 16.1. The lowest BCUT2D eigenvalue weighted by atomic mass is 9.94. The fourth-order valence-corrected chi connectivity index (χ4v) is 2.88. The molecule has 2 rings (SSSR count). The van der Waals surface area contributed by atoms with Gasteiger partial charge in [0.1, 0.15) is 0 Å². The average molecular weight is 225 g/mol. The first-order chi connectivity index (χ1) is 7.65. The highest BCUT2D eigenvalue weighted by Gasteiger charge is 2.43. The summed E-state index contributed by atoms with van der Waals surface area (Å²) >= 11 is 0. The van der Waals surface area contributed by atoms with Crippen LogP contribution in [0.2, 0.25) is 0 Å². The number of hydrogen-bond donors (Lipinski definition) is 2.